The normalized spacial score (nSPS) is 10.6. The Morgan fingerprint density at radius 1 is 1.39 bits per heavy atom. The van der Waals surface area contributed by atoms with Crippen molar-refractivity contribution < 1.29 is 14.7 Å². The number of aryl methyl sites for hydroxylation is 2. The highest BCUT2D eigenvalue weighted by Crippen LogP contribution is 2.22. The molecule has 1 amide bonds. The summed E-state index contributed by atoms with van der Waals surface area (Å²) < 4.78 is 0.889. The van der Waals surface area contributed by atoms with Gasteiger partial charge in [-0.1, -0.05) is 35.0 Å². The van der Waals surface area contributed by atoms with E-state index in [1.807, 2.05) is 31.2 Å². The Labute approximate surface area is 147 Å². The van der Waals surface area contributed by atoms with E-state index in [-0.39, 0.29) is 19.0 Å². The van der Waals surface area contributed by atoms with Crippen molar-refractivity contribution in [1.29, 1.82) is 0 Å². The molecule has 2 aromatic rings. The van der Waals surface area contributed by atoms with Crippen LogP contribution in [0.1, 0.15) is 32.9 Å². The Kier molecular flexibility index (Phi) is 5.90. The van der Waals surface area contributed by atoms with Crippen molar-refractivity contribution in [2.45, 2.75) is 26.8 Å². The number of carboxylic acids is 1. The van der Waals surface area contributed by atoms with Gasteiger partial charge in [-0.25, -0.2) is 4.98 Å². The lowest BCUT2D eigenvalue weighted by Crippen LogP contribution is -2.35. The number of carboxylic acid groups (broad SMARTS) is 1. The van der Waals surface area contributed by atoms with E-state index in [0.29, 0.717) is 10.6 Å². The molecule has 0 bridgehead atoms. The average molecular weight is 397 g/mol. The van der Waals surface area contributed by atoms with Gasteiger partial charge in [0.15, 0.2) is 0 Å². The maximum absolute atomic E-state index is 12.7. The number of hydrogen-bond acceptors (Lipinski definition) is 4. The van der Waals surface area contributed by atoms with Gasteiger partial charge in [-0.2, -0.15) is 0 Å². The Bertz CT molecular complexity index is 730. The van der Waals surface area contributed by atoms with Crippen LogP contribution in [0.2, 0.25) is 0 Å². The smallest absolute Gasteiger partial charge is 0.323 e. The molecule has 0 atom stereocenters. The molecule has 0 aliphatic rings. The van der Waals surface area contributed by atoms with Gasteiger partial charge in [0.2, 0.25) is 0 Å². The molecular weight excluding hydrogens is 380 g/mol. The zero-order valence-electron chi connectivity index (χ0n) is 12.9. The predicted octanol–water partition coefficient (Wildman–Crippen LogP) is 3.50. The Morgan fingerprint density at radius 3 is 2.70 bits per heavy atom. The van der Waals surface area contributed by atoms with Crippen LogP contribution in [0.4, 0.5) is 0 Å². The summed E-state index contributed by atoms with van der Waals surface area (Å²) in [5.74, 6) is -1.33. The molecule has 0 unspecified atom stereocenters. The number of aliphatic carboxylic acids is 1. The summed E-state index contributed by atoms with van der Waals surface area (Å²) in [5, 5.41) is 10.00. The summed E-state index contributed by atoms with van der Waals surface area (Å²) in [4.78, 5) is 30.1. The topological polar surface area (TPSA) is 70.5 Å². The average Bonchev–Trinajstić information content (AvgIpc) is 2.86. The summed E-state index contributed by atoms with van der Waals surface area (Å²) >= 11 is 4.71. The number of nitrogens with zero attached hydrogens (tertiary/aromatic N) is 2. The van der Waals surface area contributed by atoms with Crippen LogP contribution in [0, 0.1) is 6.92 Å². The molecule has 7 heteroatoms. The van der Waals surface area contributed by atoms with E-state index >= 15 is 0 Å². The molecule has 1 heterocycles. The summed E-state index contributed by atoms with van der Waals surface area (Å²) in [6, 6.07) is 7.48. The maximum atomic E-state index is 12.7. The van der Waals surface area contributed by atoms with E-state index in [9.17, 15) is 9.59 Å². The largest absolute Gasteiger partial charge is 0.480 e. The minimum Gasteiger partial charge on any atom is -0.480 e. The zero-order valence-corrected chi connectivity index (χ0v) is 15.3. The van der Waals surface area contributed by atoms with E-state index < -0.39 is 5.97 Å². The van der Waals surface area contributed by atoms with Gasteiger partial charge in [0.05, 0.1) is 10.7 Å². The summed E-state index contributed by atoms with van der Waals surface area (Å²) in [6.45, 7) is 3.65. The van der Waals surface area contributed by atoms with Gasteiger partial charge in [-0.05, 0) is 31.0 Å². The summed E-state index contributed by atoms with van der Waals surface area (Å²) in [7, 11) is 0. The van der Waals surface area contributed by atoms with E-state index in [0.717, 1.165) is 21.5 Å². The van der Waals surface area contributed by atoms with Gasteiger partial charge in [0.25, 0.3) is 5.91 Å². The Hall–Kier alpha value is -1.73. The third-order valence-electron chi connectivity index (χ3n) is 3.21. The maximum Gasteiger partial charge on any atom is 0.323 e. The molecule has 2 rings (SSSR count). The van der Waals surface area contributed by atoms with Crippen molar-refractivity contribution >= 4 is 39.1 Å². The minimum absolute atomic E-state index is 0.239. The van der Waals surface area contributed by atoms with Crippen LogP contribution in [0.5, 0.6) is 0 Å². The number of halogens is 1. The number of aromatic nitrogens is 1. The van der Waals surface area contributed by atoms with Gasteiger partial charge in [-0.3, -0.25) is 9.59 Å². The molecule has 5 nitrogen and oxygen atoms in total. The highest BCUT2D eigenvalue weighted by atomic mass is 79.9. The zero-order chi connectivity index (χ0) is 17.0. The first-order valence-corrected chi connectivity index (χ1v) is 8.73. The minimum atomic E-state index is -1.04. The van der Waals surface area contributed by atoms with Crippen molar-refractivity contribution in [3.8, 4) is 0 Å². The number of hydrogen-bond donors (Lipinski definition) is 1. The number of rotatable bonds is 6. The van der Waals surface area contributed by atoms with Crippen molar-refractivity contribution in [2.75, 3.05) is 6.54 Å². The van der Waals surface area contributed by atoms with Gasteiger partial charge >= 0.3 is 5.97 Å². The molecule has 0 radical (unpaired) electrons. The molecule has 23 heavy (non-hydrogen) atoms. The van der Waals surface area contributed by atoms with E-state index in [4.69, 9.17) is 5.11 Å². The lowest BCUT2D eigenvalue weighted by atomic mass is 10.2. The number of amides is 1. The van der Waals surface area contributed by atoms with Gasteiger partial charge in [0.1, 0.15) is 11.4 Å². The van der Waals surface area contributed by atoms with Crippen LogP contribution in [-0.2, 0) is 17.8 Å². The molecule has 0 aliphatic carbocycles. The molecule has 122 valence electrons. The molecule has 0 spiro atoms. The van der Waals surface area contributed by atoms with Crippen molar-refractivity contribution in [3.63, 3.8) is 0 Å². The first-order valence-electron chi connectivity index (χ1n) is 7.12. The molecule has 0 fully saturated rings. The Morgan fingerprint density at radius 2 is 2.13 bits per heavy atom. The SMILES string of the molecule is CCc1nc(C)c(C(=O)N(CC(=O)O)Cc2cccc(Br)c2)s1. The predicted molar refractivity (Wildman–Crippen MR) is 92.7 cm³/mol. The van der Waals surface area contributed by atoms with Gasteiger partial charge < -0.3 is 10.0 Å². The van der Waals surface area contributed by atoms with Crippen molar-refractivity contribution in [1.82, 2.24) is 9.88 Å². The first kappa shape index (κ1) is 17.6. The first-order chi connectivity index (χ1) is 10.9. The second kappa shape index (κ2) is 7.70. The fourth-order valence-electron chi connectivity index (χ4n) is 2.16. The third-order valence-corrected chi connectivity index (χ3v) is 5.00. The van der Waals surface area contributed by atoms with Crippen molar-refractivity contribution in [2.24, 2.45) is 0 Å². The van der Waals surface area contributed by atoms with Crippen molar-refractivity contribution in [3.05, 3.63) is 49.9 Å². The second-order valence-corrected chi connectivity index (χ2v) is 7.06. The number of benzene rings is 1. The van der Waals surface area contributed by atoms with Gasteiger partial charge in [0, 0.05) is 11.0 Å². The highest BCUT2D eigenvalue weighted by Gasteiger charge is 2.23. The van der Waals surface area contributed by atoms with Crippen LogP contribution in [0.3, 0.4) is 0 Å². The van der Waals surface area contributed by atoms with E-state index in [2.05, 4.69) is 20.9 Å². The van der Waals surface area contributed by atoms with E-state index in [1.54, 1.807) is 6.92 Å². The molecule has 1 N–H and O–H groups in total. The van der Waals surface area contributed by atoms with E-state index in [1.165, 1.54) is 16.2 Å². The molecular formula is C16H17BrN2O3S. The number of thiazole rings is 1. The fraction of sp³-hybridized carbons (Fsp3) is 0.312. The molecule has 0 saturated carbocycles. The second-order valence-electron chi connectivity index (χ2n) is 5.06. The summed E-state index contributed by atoms with van der Waals surface area (Å²) in [6.07, 6.45) is 0.753. The number of carbonyl (C=O) groups excluding carboxylic acids is 1. The number of carbonyl (C=O) groups is 2. The van der Waals surface area contributed by atoms with Crippen LogP contribution in [-0.4, -0.2) is 33.4 Å². The highest BCUT2D eigenvalue weighted by molar-refractivity contribution is 9.10. The third kappa shape index (κ3) is 4.62. The molecule has 0 aliphatic heterocycles. The van der Waals surface area contributed by atoms with Crippen LogP contribution < -0.4 is 0 Å². The standard InChI is InChI=1S/C16H17BrN2O3S/c1-3-13-18-10(2)15(23-13)16(22)19(9-14(20)21)8-11-5-4-6-12(17)7-11/h4-7H,3,8-9H2,1-2H3,(H,20,21). The van der Waals surface area contributed by atoms with Crippen LogP contribution in [0.25, 0.3) is 0 Å². The summed E-state index contributed by atoms with van der Waals surface area (Å²) in [5.41, 5.74) is 1.52. The monoisotopic (exact) mass is 396 g/mol. The molecule has 1 aromatic heterocycles. The lowest BCUT2D eigenvalue weighted by Gasteiger charge is -2.20. The molecule has 0 saturated heterocycles. The van der Waals surface area contributed by atoms with Crippen LogP contribution in [0.15, 0.2) is 28.7 Å². The van der Waals surface area contributed by atoms with Gasteiger partial charge in [-0.15, -0.1) is 11.3 Å². The molecule has 1 aromatic carbocycles. The van der Waals surface area contributed by atoms with Crippen LogP contribution >= 0.6 is 27.3 Å². The Balaban J connectivity index is 2.28. The lowest BCUT2D eigenvalue weighted by molar-refractivity contribution is -0.137. The quantitative estimate of drug-likeness (QED) is 0.810. The fourth-order valence-corrected chi connectivity index (χ4v) is 3.58.